The first kappa shape index (κ1) is 20.0. The topological polar surface area (TPSA) is 64.3 Å². The minimum Gasteiger partial charge on any atom is -0.399 e. The van der Waals surface area contributed by atoms with Crippen molar-refractivity contribution in [2.45, 2.75) is 56.3 Å². The Bertz CT molecular complexity index is 1350. The number of hydrogen-bond acceptors (Lipinski definition) is 3. The Morgan fingerprint density at radius 1 is 0.794 bits per heavy atom. The lowest BCUT2D eigenvalue weighted by atomic mass is 9.82. The van der Waals surface area contributed by atoms with Crippen LogP contribution in [0.3, 0.4) is 0 Å². The van der Waals surface area contributed by atoms with E-state index in [2.05, 4.69) is 30.1 Å². The predicted molar refractivity (Wildman–Crippen MR) is 132 cm³/mol. The van der Waals surface area contributed by atoms with E-state index in [4.69, 9.17) is 10.5 Å². The highest BCUT2D eigenvalue weighted by Gasteiger charge is 2.45. The van der Waals surface area contributed by atoms with Gasteiger partial charge in [0.1, 0.15) is 12.2 Å². The van der Waals surface area contributed by atoms with E-state index in [1.807, 2.05) is 36.4 Å². The summed E-state index contributed by atoms with van der Waals surface area (Å²) >= 11 is 0. The largest absolute Gasteiger partial charge is 0.399 e. The lowest BCUT2D eigenvalue weighted by molar-refractivity contribution is 0.0857. The van der Waals surface area contributed by atoms with Crippen molar-refractivity contribution in [2.75, 3.05) is 0 Å². The van der Waals surface area contributed by atoms with Crippen LogP contribution in [-0.2, 0) is 11.3 Å². The number of carbonyl (C=O) groups is 1. The molecule has 2 atom stereocenters. The number of fused-ring (bicyclic) bond motifs is 8. The van der Waals surface area contributed by atoms with Crippen molar-refractivity contribution in [1.29, 1.82) is 0 Å². The van der Waals surface area contributed by atoms with Gasteiger partial charge in [-0.3, -0.25) is 4.79 Å². The molecule has 7 rings (SSSR count). The van der Waals surface area contributed by atoms with Crippen molar-refractivity contribution in [1.82, 2.24) is 5.32 Å². The SMILES string of the molecule is C=C(N)c1ccc(CNC(=O)c2ccc3c(c2)C2OC3c3cc(C4CC4)c(C4CC4)cc32)cc1. The monoisotopic (exact) mass is 448 g/mol. The van der Waals surface area contributed by atoms with Crippen LogP contribution in [0.4, 0.5) is 0 Å². The highest BCUT2D eigenvalue weighted by molar-refractivity contribution is 5.94. The van der Waals surface area contributed by atoms with E-state index >= 15 is 0 Å². The van der Waals surface area contributed by atoms with Crippen LogP contribution in [0, 0.1) is 0 Å². The third-order valence-corrected chi connectivity index (χ3v) is 7.85. The van der Waals surface area contributed by atoms with Crippen molar-refractivity contribution in [3.63, 3.8) is 0 Å². The first-order valence-electron chi connectivity index (χ1n) is 12.4. The summed E-state index contributed by atoms with van der Waals surface area (Å²) in [5, 5.41) is 3.04. The molecule has 2 heterocycles. The molecule has 3 aromatic rings. The fourth-order valence-corrected chi connectivity index (χ4v) is 5.69. The van der Waals surface area contributed by atoms with E-state index in [1.54, 1.807) is 11.1 Å². The average molecular weight is 449 g/mol. The van der Waals surface area contributed by atoms with Gasteiger partial charge in [-0.25, -0.2) is 0 Å². The molecule has 4 nitrogen and oxygen atoms in total. The third kappa shape index (κ3) is 3.20. The number of carbonyl (C=O) groups excluding carboxylic acids is 1. The summed E-state index contributed by atoms with van der Waals surface area (Å²) in [4.78, 5) is 12.9. The van der Waals surface area contributed by atoms with E-state index in [9.17, 15) is 4.79 Å². The van der Waals surface area contributed by atoms with Gasteiger partial charge in [0, 0.05) is 17.8 Å². The summed E-state index contributed by atoms with van der Waals surface area (Å²) in [5.41, 5.74) is 17.1. The van der Waals surface area contributed by atoms with E-state index in [0.717, 1.165) is 28.5 Å². The molecule has 34 heavy (non-hydrogen) atoms. The number of nitrogens with one attached hydrogen (secondary N) is 1. The maximum absolute atomic E-state index is 12.9. The summed E-state index contributed by atoms with van der Waals surface area (Å²) in [6.07, 6.45) is 5.25. The molecule has 2 bridgehead atoms. The molecule has 2 fully saturated rings. The van der Waals surface area contributed by atoms with Gasteiger partial charge in [-0.05, 0) is 94.2 Å². The molecule has 2 unspecified atom stereocenters. The Morgan fingerprint density at radius 2 is 1.35 bits per heavy atom. The second kappa shape index (κ2) is 7.31. The second-order valence-corrected chi connectivity index (χ2v) is 10.3. The quantitative estimate of drug-likeness (QED) is 0.499. The highest BCUT2D eigenvalue weighted by atomic mass is 16.5. The molecule has 2 aliphatic carbocycles. The van der Waals surface area contributed by atoms with Gasteiger partial charge in [0.25, 0.3) is 5.91 Å². The Labute approximate surface area is 199 Å². The van der Waals surface area contributed by atoms with Crippen LogP contribution >= 0.6 is 0 Å². The van der Waals surface area contributed by atoms with Gasteiger partial charge in [-0.2, -0.15) is 0 Å². The lowest BCUT2D eigenvalue weighted by Crippen LogP contribution is -2.23. The Kier molecular flexibility index (Phi) is 4.31. The molecule has 2 saturated carbocycles. The van der Waals surface area contributed by atoms with Crippen molar-refractivity contribution in [3.05, 3.63) is 111 Å². The van der Waals surface area contributed by atoms with Gasteiger partial charge in [0.15, 0.2) is 0 Å². The van der Waals surface area contributed by atoms with Crippen LogP contribution in [0.25, 0.3) is 5.70 Å². The summed E-state index contributed by atoms with van der Waals surface area (Å²) in [5.74, 6) is 1.44. The Morgan fingerprint density at radius 3 is 1.94 bits per heavy atom. The van der Waals surface area contributed by atoms with Crippen LogP contribution in [0.2, 0.25) is 0 Å². The van der Waals surface area contributed by atoms with Crippen LogP contribution in [-0.4, -0.2) is 5.91 Å². The van der Waals surface area contributed by atoms with Crippen LogP contribution in [0.5, 0.6) is 0 Å². The van der Waals surface area contributed by atoms with Crippen molar-refractivity contribution in [2.24, 2.45) is 5.73 Å². The van der Waals surface area contributed by atoms with E-state index in [0.29, 0.717) is 17.8 Å². The number of benzene rings is 3. The van der Waals surface area contributed by atoms with Crippen LogP contribution in [0.1, 0.15) is 105 Å². The molecule has 4 aliphatic rings. The highest BCUT2D eigenvalue weighted by Crippen LogP contribution is 2.58. The summed E-state index contributed by atoms with van der Waals surface area (Å²) in [6.45, 7) is 4.22. The molecule has 0 radical (unpaired) electrons. The fraction of sp³-hybridized carbons (Fsp3) is 0.300. The van der Waals surface area contributed by atoms with Gasteiger partial charge >= 0.3 is 0 Å². The summed E-state index contributed by atoms with van der Waals surface area (Å²) in [7, 11) is 0. The predicted octanol–water partition coefficient (Wildman–Crippen LogP) is 5.82. The molecular formula is C30H28N2O2. The fourth-order valence-electron chi connectivity index (χ4n) is 5.69. The molecule has 0 spiro atoms. The van der Waals surface area contributed by atoms with E-state index in [1.165, 1.54) is 42.4 Å². The number of nitrogens with two attached hydrogens (primary N) is 1. The first-order valence-corrected chi connectivity index (χ1v) is 12.4. The zero-order valence-electron chi connectivity index (χ0n) is 19.1. The number of ether oxygens (including phenoxy) is 1. The number of amides is 1. The minimum atomic E-state index is -0.0686. The Hall–Kier alpha value is -3.37. The molecule has 0 saturated heterocycles. The molecule has 3 N–H and O–H groups in total. The smallest absolute Gasteiger partial charge is 0.251 e. The minimum absolute atomic E-state index is 0.00803. The maximum atomic E-state index is 12.9. The second-order valence-electron chi connectivity index (χ2n) is 10.3. The van der Waals surface area contributed by atoms with Crippen molar-refractivity contribution >= 4 is 11.6 Å². The summed E-state index contributed by atoms with van der Waals surface area (Å²) < 4.78 is 6.47. The number of hydrogen-bond donors (Lipinski definition) is 2. The molecule has 1 amide bonds. The number of rotatable bonds is 6. The van der Waals surface area contributed by atoms with Crippen LogP contribution in [0.15, 0.2) is 61.2 Å². The van der Waals surface area contributed by atoms with Gasteiger partial charge in [-0.15, -0.1) is 0 Å². The summed E-state index contributed by atoms with van der Waals surface area (Å²) in [6, 6.07) is 18.7. The normalized spacial score (nSPS) is 21.8. The van der Waals surface area contributed by atoms with Crippen molar-refractivity contribution in [3.8, 4) is 0 Å². The van der Waals surface area contributed by atoms with E-state index in [-0.39, 0.29) is 18.1 Å². The van der Waals surface area contributed by atoms with Crippen molar-refractivity contribution < 1.29 is 9.53 Å². The molecule has 0 aromatic heterocycles. The first-order chi connectivity index (χ1) is 16.6. The van der Waals surface area contributed by atoms with Gasteiger partial charge in [0.2, 0.25) is 0 Å². The standard InChI is InChI=1S/C30H28N2O2/c1-16(31)18-4-2-17(3-5-18)15-32-30(33)21-10-11-22-25(12-21)29-27-14-24(20-8-9-20)23(19-6-7-19)13-26(27)28(22)34-29/h2-5,10-14,19-20,28-29H,1,6-9,15,31H2,(H,32,33). The molecule has 2 aliphatic heterocycles. The van der Waals surface area contributed by atoms with E-state index < -0.39 is 0 Å². The van der Waals surface area contributed by atoms with Gasteiger partial charge < -0.3 is 15.8 Å². The zero-order chi connectivity index (χ0) is 23.0. The molecule has 170 valence electrons. The molecule has 3 aromatic carbocycles. The maximum Gasteiger partial charge on any atom is 0.251 e. The lowest BCUT2D eigenvalue weighted by Gasteiger charge is -2.20. The van der Waals surface area contributed by atoms with Crippen LogP contribution < -0.4 is 11.1 Å². The Balaban J connectivity index is 1.13. The van der Waals surface area contributed by atoms with Gasteiger partial charge in [0.05, 0.1) is 0 Å². The average Bonchev–Trinajstić information content (AvgIpc) is 3.79. The molecule has 4 heteroatoms. The molecular weight excluding hydrogens is 420 g/mol. The third-order valence-electron chi connectivity index (χ3n) is 7.85. The zero-order valence-corrected chi connectivity index (χ0v) is 19.1. The van der Waals surface area contributed by atoms with Gasteiger partial charge in [-0.1, -0.05) is 49.0 Å².